The second-order valence-electron chi connectivity index (χ2n) is 6.48. The van der Waals surface area contributed by atoms with Gasteiger partial charge in [-0.15, -0.1) is 0 Å². The number of carbonyl (C=O) groups excluding carboxylic acids is 1. The maximum absolute atomic E-state index is 12.4. The molecular weight excluding hydrogens is 318 g/mol. The number of amides is 1. The topological polar surface area (TPSA) is 57.0 Å². The molecule has 2 aromatic rings. The monoisotopic (exact) mass is 339 g/mol. The van der Waals surface area contributed by atoms with Crippen molar-refractivity contribution in [3.05, 3.63) is 35.4 Å². The molecule has 4 nitrogen and oxygen atoms in total. The van der Waals surface area contributed by atoms with Gasteiger partial charge in [-0.2, -0.15) is 5.26 Å². The number of benzene rings is 1. The summed E-state index contributed by atoms with van der Waals surface area (Å²) in [6.07, 6.45) is 2.27. The number of rotatable bonds is 3. The van der Waals surface area contributed by atoms with Crippen molar-refractivity contribution >= 4 is 28.6 Å². The van der Waals surface area contributed by atoms with E-state index in [1.165, 1.54) is 18.2 Å². The zero-order chi connectivity index (χ0) is 17.1. The highest BCUT2D eigenvalue weighted by Gasteiger charge is 2.21. The van der Waals surface area contributed by atoms with Crippen LogP contribution in [0.1, 0.15) is 30.9 Å². The highest BCUT2D eigenvalue weighted by Crippen LogP contribution is 2.27. The summed E-state index contributed by atoms with van der Waals surface area (Å²) in [6, 6.07) is 10.0. The summed E-state index contributed by atoms with van der Waals surface area (Å²) in [6.45, 7) is 5.89. The number of nitrogens with zero attached hydrogens (tertiary/aromatic N) is 3. The first kappa shape index (κ1) is 16.8. The van der Waals surface area contributed by atoms with Crippen molar-refractivity contribution < 1.29 is 4.79 Å². The molecule has 0 unspecified atom stereocenters. The van der Waals surface area contributed by atoms with Gasteiger partial charge in [-0.25, -0.2) is 4.98 Å². The second-order valence-corrected chi connectivity index (χ2v) is 7.44. The third-order valence-electron chi connectivity index (χ3n) is 4.48. The Morgan fingerprint density at radius 3 is 3.08 bits per heavy atom. The molecule has 1 aromatic heterocycles. The van der Waals surface area contributed by atoms with Crippen LogP contribution in [0.15, 0.2) is 29.3 Å². The van der Waals surface area contributed by atoms with Crippen molar-refractivity contribution in [3.63, 3.8) is 0 Å². The Balaban J connectivity index is 1.78. The van der Waals surface area contributed by atoms with Gasteiger partial charge in [0.15, 0.2) is 0 Å². The summed E-state index contributed by atoms with van der Waals surface area (Å²) in [5.74, 6) is 1.05. The van der Waals surface area contributed by atoms with Crippen molar-refractivity contribution in [3.8, 4) is 6.07 Å². The van der Waals surface area contributed by atoms with E-state index in [4.69, 9.17) is 0 Å². The number of piperidine rings is 1. The molecule has 1 fully saturated rings. The minimum Gasteiger partial charge on any atom is -0.342 e. The van der Waals surface area contributed by atoms with Gasteiger partial charge in [0, 0.05) is 18.5 Å². The van der Waals surface area contributed by atoms with E-state index in [0.29, 0.717) is 22.3 Å². The second kappa shape index (κ2) is 7.23. The third kappa shape index (κ3) is 3.54. The predicted molar refractivity (Wildman–Crippen MR) is 96.9 cm³/mol. The number of aryl methyl sites for hydroxylation is 1. The molecule has 124 valence electrons. The van der Waals surface area contributed by atoms with Crippen LogP contribution >= 0.6 is 11.8 Å². The highest BCUT2D eigenvalue weighted by molar-refractivity contribution is 8.00. The van der Waals surface area contributed by atoms with Crippen LogP contribution in [0.25, 0.3) is 10.9 Å². The number of pyridine rings is 1. The minimum atomic E-state index is 0.141. The average molecular weight is 339 g/mol. The van der Waals surface area contributed by atoms with Gasteiger partial charge in [-0.05, 0) is 37.3 Å². The smallest absolute Gasteiger partial charge is 0.232 e. The maximum Gasteiger partial charge on any atom is 0.232 e. The zero-order valence-corrected chi connectivity index (χ0v) is 14.9. The fourth-order valence-electron chi connectivity index (χ4n) is 3.16. The van der Waals surface area contributed by atoms with E-state index in [0.717, 1.165) is 36.0 Å². The standard InChI is InChI=1S/C19H21N3OS/c1-13-5-4-8-22(11-13)17(23)12-24-19-16(10-20)9-15-7-3-6-14(2)18(15)21-19/h3,6-7,9,13H,4-5,8,11-12H2,1-2H3/t13-/m1/s1. The SMILES string of the molecule is Cc1cccc2cc(C#N)c(SCC(=O)N3CCC[C@@H](C)C3)nc12. The lowest BCUT2D eigenvalue weighted by Gasteiger charge is -2.30. The molecule has 2 heterocycles. The molecule has 3 rings (SSSR count). The lowest BCUT2D eigenvalue weighted by Crippen LogP contribution is -2.40. The number of fused-ring (bicyclic) bond motifs is 1. The van der Waals surface area contributed by atoms with Gasteiger partial charge in [0.1, 0.15) is 11.1 Å². The number of carbonyl (C=O) groups is 1. The Morgan fingerprint density at radius 1 is 1.50 bits per heavy atom. The molecule has 1 aliphatic heterocycles. The molecule has 0 N–H and O–H groups in total. The molecule has 1 aromatic carbocycles. The van der Waals surface area contributed by atoms with Crippen molar-refractivity contribution in [2.24, 2.45) is 5.92 Å². The maximum atomic E-state index is 12.4. The number of nitriles is 1. The van der Waals surface area contributed by atoms with E-state index in [1.54, 1.807) is 0 Å². The van der Waals surface area contributed by atoms with E-state index < -0.39 is 0 Å². The van der Waals surface area contributed by atoms with Crippen LogP contribution in [0.3, 0.4) is 0 Å². The van der Waals surface area contributed by atoms with Crippen LogP contribution in [0.4, 0.5) is 0 Å². The van der Waals surface area contributed by atoms with Gasteiger partial charge >= 0.3 is 0 Å². The molecule has 0 bridgehead atoms. The average Bonchev–Trinajstić information content (AvgIpc) is 2.59. The van der Waals surface area contributed by atoms with Crippen molar-refractivity contribution in [1.82, 2.24) is 9.88 Å². The van der Waals surface area contributed by atoms with Crippen LogP contribution in [0, 0.1) is 24.2 Å². The summed E-state index contributed by atoms with van der Waals surface area (Å²) in [5.41, 5.74) is 2.52. The summed E-state index contributed by atoms with van der Waals surface area (Å²) >= 11 is 1.37. The van der Waals surface area contributed by atoms with Gasteiger partial charge < -0.3 is 4.90 Å². The quantitative estimate of drug-likeness (QED) is 0.799. The number of hydrogen-bond acceptors (Lipinski definition) is 4. The highest BCUT2D eigenvalue weighted by atomic mass is 32.2. The van der Waals surface area contributed by atoms with Crippen LogP contribution < -0.4 is 0 Å². The Morgan fingerprint density at radius 2 is 2.33 bits per heavy atom. The summed E-state index contributed by atoms with van der Waals surface area (Å²) in [4.78, 5) is 19.0. The predicted octanol–water partition coefficient (Wildman–Crippen LogP) is 3.77. The number of para-hydroxylation sites is 1. The first-order chi connectivity index (χ1) is 11.6. The van der Waals surface area contributed by atoms with E-state index >= 15 is 0 Å². The van der Waals surface area contributed by atoms with Gasteiger partial charge in [0.05, 0.1) is 16.8 Å². The Bertz CT molecular complexity index is 812. The molecule has 1 aliphatic rings. The normalized spacial score (nSPS) is 17.7. The van der Waals surface area contributed by atoms with Crippen molar-refractivity contribution in [2.45, 2.75) is 31.7 Å². The molecule has 0 saturated carbocycles. The number of thioether (sulfide) groups is 1. The molecule has 1 saturated heterocycles. The summed E-state index contributed by atoms with van der Waals surface area (Å²) in [7, 11) is 0. The molecule has 0 spiro atoms. The van der Waals surface area contributed by atoms with Gasteiger partial charge in [-0.1, -0.05) is 36.9 Å². The molecule has 24 heavy (non-hydrogen) atoms. The zero-order valence-electron chi connectivity index (χ0n) is 14.1. The molecule has 1 amide bonds. The Kier molecular flexibility index (Phi) is 5.06. The molecule has 5 heteroatoms. The molecule has 0 aliphatic carbocycles. The largest absolute Gasteiger partial charge is 0.342 e. The van der Waals surface area contributed by atoms with Crippen molar-refractivity contribution in [1.29, 1.82) is 5.26 Å². The molecule has 0 radical (unpaired) electrons. The van der Waals surface area contributed by atoms with Gasteiger partial charge in [0.2, 0.25) is 5.91 Å². The van der Waals surface area contributed by atoms with Gasteiger partial charge in [0.25, 0.3) is 0 Å². The van der Waals surface area contributed by atoms with Gasteiger partial charge in [-0.3, -0.25) is 4.79 Å². The van der Waals surface area contributed by atoms with Crippen LogP contribution in [0.5, 0.6) is 0 Å². The summed E-state index contributed by atoms with van der Waals surface area (Å²) in [5, 5.41) is 11.0. The lowest BCUT2D eigenvalue weighted by atomic mass is 10.0. The fraction of sp³-hybridized carbons (Fsp3) is 0.421. The number of hydrogen-bond donors (Lipinski definition) is 0. The van der Waals surface area contributed by atoms with E-state index in [1.807, 2.05) is 36.1 Å². The number of aromatic nitrogens is 1. The Labute approximate surface area is 146 Å². The first-order valence-corrected chi connectivity index (χ1v) is 9.28. The van der Waals surface area contributed by atoms with E-state index in [2.05, 4.69) is 18.0 Å². The molecule has 1 atom stereocenters. The van der Waals surface area contributed by atoms with E-state index in [9.17, 15) is 10.1 Å². The van der Waals surface area contributed by atoms with Crippen LogP contribution in [-0.4, -0.2) is 34.6 Å². The molecular formula is C19H21N3OS. The van der Waals surface area contributed by atoms with Crippen LogP contribution in [0.2, 0.25) is 0 Å². The fourth-order valence-corrected chi connectivity index (χ4v) is 4.02. The minimum absolute atomic E-state index is 0.141. The summed E-state index contributed by atoms with van der Waals surface area (Å²) < 4.78 is 0. The third-order valence-corrected chi connectivity index (χ3v) is 5.45. The number of likely N-dealkylation sites (tertiary alicyclic amines) is 1. The Hall–Kier alpha value is -2.06. The first-order valence-electron chi connectivity index (χ1n) is 8.29. The van der Waals surface area contributed by atoms with Crippen molar-refractivity contribution in [2.75, 3.05) is 18.8 Å². The lowest BCUT2D eigenvalue weighted by molar-refractivity contribution is -0.130. The van der Waals surface area contributed by atoms with E-state index in [-0.39, 0.29) is 5.91 Å². The van der Waals surface area contributed by atoms with Crippen LogP contribution in [-0.2, 0) is 4.79 Å².